The van der Waals surface area contributed by atoms with Crippen LogP contribution in [0.15, 0.2) is 36.4 Å². The van der Waals surface area contributed by atoms with Crippen LogP contribution in [0.3, 0.4) is 0 Å². The van der Waals surface area contributed by atoms with Crippen molar-refractivity contribution in [1.82, 2.24) is 15.1 Å². The second-order valence-corrected chi connectivity index (χ2v) is 5.40. The molecule has 0 aliphatic rings. The van der Waals surface area contributed by atoms with E-state index >= 15 is 0 Å². The summed E-state index contributed by atoms with van der Waals surface area (Å²) in [6.07, 6.45) is 4.71. The minimum absolute atomic E-state index is 0.0803. The Balaban J connectivity index is 2.01. The Bertz CT molecular complexity index is 738. The van der Waals surface area contributed by atoms with Crippen molar-refractivity contribution in [2.45, 2.75) is 26.8 Å². The van der Waals surface area contributed by atoms with E-state index in [9.17, 15) is 9.18 Å². The zero-order valence-electron chi connectivity index (χ0n) is 14.2. The summed E-state index contributed by atoms with van der Waals surface area (Å²) in [4.78, 5) is 12.2. The smallest absolute Gasteiger partial charge is 0.269 e. The molecule has 0 unspecified atom stereocenters. The van der Waals surface area contributed by atoms with Gasteiger partial charge in [-0.15, -0.1) is 0 Å². The van der Waals surface area contributed by atoms with Crippen LogP contribution in [-0.2, 0) is 13.6 Å². The van der Waals surface area contributed by atoms with Crippen LogP contribution in [-0.4, -0.2) is 22.3 Å². The summed E-state index contributed by atoms with van der Waals surface area (Å²) >= 11 is 0. The van der Waals surface area contributed by atoms with Gasteiger partial charge in [-0.1, -0.05) is 31.2 Å². The molecule has 1 aromatic carbocycles. The molecule has 1 N–H and O–H groups in total. The third kappa shape index (κ3) is 4.44. The van der Waals surface area contributed by atoms with E-state index in [2.05, 4.69) is 10.4 Å². The van der Waals surface area contributed by atoms with E-state index in [1.165, 1.54) is 4.68 Å². The maximum Gasteiger partial charge on any atom is 0.269 e. The lowest BCUT2D eigenvalue weighted by Gasteiger charge is -2.10. The van der Waals surface area contributed by atoms with Gasteiger partial charge in [-0.2, -0.15) is 5.10 Å². The minimum Gasteiger partial charge on any atom is -0.486 e. The zero-order chi connectivity index (χ0) is 17.5. The summed E-state index contributed by atoms with van der Waals surface area (Å²) in [5, 5.41) is 6.83. The van der Waals surface area contributed by atoms with Crippen molar-refractivity contribution in [3.8, 4) is 5.75 Å². The van der Waals surface area contributed by atoms with Crippen LogP contribution in [0.25, 0.3) is 0 Å². The average Bonchev–Trinajstić information content (AvgIpc) is 2.90. The quantitative estimate of drug-likeness (QED) is 0.793. The molecule has 0 aliphatic carbocycles. The highest BCUT2D eigenvalue weighted by Crippen LogP contribution is 2.20. The molecule has 0 saturated heterocycles. The van der Waals surface area contributed by atoms with Crippen molar-refractivity contribution < 1.29 is 13.9 Å². The third-order valence-corrected chi connectivity index (χ3v) is 3.45. The molecular formula is C18H22FN3O2. The molecule has 5 nitrogen and oxygen atoms in total. The van der Waals surface area contributed by atoms with Gasteiger partial charge in [0, 0.05) is 19.2 Å². The highest BCUT2D eigenvalue weighted by Gasteiger charge is 2.14. The van der Waals surface area contributed by atoms with E-state index in [0.717, 1.165) is 12.1 Å². The third-order valence-electron chi connectivity index (χ3n) is 3.45. The number of carbonyl (C=O) groups excluding carboxylic acids is 1. The fourth-order valence-corrected chi connectivity index (χ4v) is 2.27. The van der Waals surface area contributed by atoms with Gasteiger partial charge in [0.1, 0.15) is 12.3 Å². The SMILES string of the molecule is CCC=CCOc1cccc(CNC(=O)c2cc(C)nn2C)c1F. The Morgan fingerprint density at radius 2 is 2.21 bits per heavy atom. The fourth-order valence-electron chi connectivity index (χ4n) is 2.27. The van der Waals surface area contributed by atoms with Crippen molar-refractivity contribution in [3.05, 3.63) is 59.2 Å². The number of ether oxygens (including phenoxy) is 1. The van der Waals surface area contributed by atoms with Gasteiger partial charge in [-0.3, -0.25) is 9.48 Å². The minimum atomic E-state index is -0.455. The average molecular weight is 331 g/mol. The van der Waals surface area contributed by atoms with Crippen molar-refractivity contribution in [1.29, 1.82) is 0 Å². The molecule has 0 bridgehead atoms. The molecule has 6 heteroatoms. The molecule has 0 aliphatic heterocycles. The maximum atomic E-state index is 14.4. The Morgan fingerprint density at radius 1 is 1.42 bits per heavy atom. The van der Waals surface area contributed by atoms with Gasteiger partial charge in [-0.25, -0.2) is 4.39 Å². The largest absolute Gasteiger partial charge is 0.486 e. The number of rotatable bonds is 7. The zero-order valence-corrected chi connectivity index (χ0v) is 14.2. The van der Waals surface area contributed by atoms with Crippen molar-refractivity contribution in [3.63, 3.8) is 0 Å². The molecule has 0 fully saturated rings. The number of halogens is 1. The number of nitrogens with zero attached hydrogens (tertiary/aromatic N) is 2. The number of hydrogen-bond donors (Lipinski definition) is 1. The number of hydrogen-bond acceptors (Lipinski definition) is 3. The lowest BCUT2D eigenvalue weighted by Crippen LogP contribution is -2.25. The summed E-state index contributed by atoms with van der Waals surface area (Å²) in [5.74, 6) is -0.572. The lowest BCUT2D eigenvalue weighted by molar-refractivity contribution is 0.0941. The summed E-state index contributed by atoms with van der Waals surface area (Å²) in [7, 11) is 1.70. The van der Waals surface area contributed by atoms with Crippen LogP contribution in [0.1, 0.15) is 35.1 Å². The first kappa shape index (κ1) is 17.7. The molecule has 1 heterocycles. The molecule has 1 aromatic heterocycles. The Hall–Kier alpha value is -2.63. The summed E-state index contributed by atoms with van der Waals surface area (Å²) in [6, 6.07) is 6.59. The van der Waals surface area contributed by atoms with E-state index in [0.29, 0.717) is 17.9 Å². The number of aromatic nitrogens is 2. The van der Waals surface area contributed by atoms with Gasteiger partial charge in [0.2, 0.25) is 0 Å². The normalized spacial score (nSPS) is 11.0. The Kier molecular flexibility index (Phi) is 6.12. The molecule has 2 aromatic rings. The second-order valence-electron chi connectivity index (χ2n) is 5.40. The standard InChI is InChI=1S/C18H22FN3O2/c1-4-5-6-10-24-16-9-7-8-14(17(16)19)12-20-18(23)15-11-13(2)21-22(15)3/h5-9,11H,4,10,12H2,1-3H3,(H,20,23). The number of aryl methyl sites for hydroxylation is 2. The van der Waals surface area contributed by atoms with Gasteiger partial charge in [0.15, 0.2) is 11.6 Å². The Morgan fingerprint density at radius 3 is 2.88 bits per heavy atom. The van der Waals surface area contributed by atoms with E-state index in [1.54, 1.807) is 31.3 Å². The van der Waals surface area contributed by atoms with E-state index < -0.39 is 5.82 Å². The van der Waals surface area contributed by atoms with Crippen LogP contribution in [0, 0.1) is 12.7 Å². The second kappa shape index (κ2) is 8.29. The highest BCUT2D eigenvalue weighted by molar-refractivity contribution is 5.92. The monoisotopic (exact) mass is 331 g/mol. The molecule has 2 rings (SSSR count). The molecule has 1 amide bonds. The first-order valence-corrected chi connectivity index (χ1v) is 7.87. The van der Waals surface area contributed by atoms with E-state index in [-0.39, 0.29) is 18.2 Å². The molecular weight excluding hydrogens is 309 g/mol. The maximum absolute atomic E-state index is 14.4. The number of allylic oxidation sites excluding steroid dienone is 1. The van der Waals surface area contributed by atoms with Gasteiger partial charge in [-0.05, 0) is 25.5 Å². The van der Waals surface area contributed by atoms with Crippen LogP contribution >= 0.6 is 0 Å². The van der Waals surface area contributed by atoms with Crippen LogP contribution < -0.4 is 10.1 Å². The first-order valence-electron chi connectivity index (χ1n) is 7.87. The summed E-state index contributed by atoms with van der Waals surface area (Å²) in [6.45, 7) is 4.22. The number of amides is 1. The molecule has 0 radical (unpaired) electrons. The highest BCUT2D eigenvalue weighted by atomic mass is 19.1. The number of carbonyl (C=O) groups is 1. The van der Waals surface area contributed by atoms with Gasteiger partial charge < -0.3 is 10.1 Å². The van der Waals surface area contributed by atoms with Crippen LogP contribution in [0.2, 0.25) is 0 Å². The topological polar surface area (TPSA) is 56.1 Å². The van der Waals surface area contributed by atoms with Gasteiger partial charge in [0.25, 0.3) is 5.91 Å². The first-order chi connectivity index (χ1) is 11.5. The van der Waals surface area contributed by atoms with Crippen molar-refractivity contribution in [2.24, 2.45) is 7.05 Å². The van der Waals surface area contributed by atoms with Gasteiger partial charge >= 0.3 is 0 Å². The molecule has 128 valence electrons. The number of benzene rings is 1. The van der Waals surface area contributed by atoms with Crippen molar-refractivity contribution >= 4 is 5.91 Å². The lowest BCUT2D eigenvalue weighted by atomic mass is 10.2. The van der Waals surface area contributed by atoms with Gasteiger partial charge in [0.05, 0.1) is 5.69 Å². The predicted molar refractivity (Wildman–Crippen MR) is 90.4 cm³/mol. The number of nitrogens with one attached hydrogen (secondary N) is 1. The molecule has 0 saturated carbocycles. The van der Waals surface area contributed by atoms with E-state index in [4.69, 9.17) is 4.74 Å². The molecule has 0 spiro atoms. The van der Waals surface area contributed by atoms with E-state index in [1.807, 2.05) is 26.0 Å². The van der Waals surface area contributed by atoms with Crippen LogP contribution in [0.4, 0.5) is 4.39 Å². The predicted octanol–water partition coefficient (Wildman–Crippen LogP) is 3.14. The van der Waals surface area contributed by atoms with Crippen molar-refractivity contribution in [2.75, 3.05) is 6.61 Å². The molecule has 24 heavy (non-hydrogen) atoms. The Labute approximate surface area is 141 Å². The van der Waals surface area contributed by atoms with Crippen LogP contribution in [0.5, 0.6) is 5.75 Å². The summed E-state index contributed by atoms with van der Waals surface area (Å²) in [5.41, 5.74) is 1.56. The molecule has 0 atom stereocenters. The fraction of sp³-hybridized carbons (Fsp3) is 0.333. The summed E-state index contributed by atoms with van der Waals surface area (Å²) < 4.78 is 21.3.